The standard InChI is InChI=1S/C22H27ClN2O3S/c1-2-17(18-9-5-3-6-10-18)16-24-22(26)20-15-19(11-12-21(20)23)29(27,28)25-13-7-4-8-14-25/h3,5-6,9-12,15,17H,2,4,7-8,13-14,16H2,1H3,(H,24,26). The van der Waals surface area contributed by atoms with Gasteiger partial charge in [0.15, 0.2) is 0 Å². The molecule has 0 aromatic heterocycles. The Balaban J connectivity index is 1.76. The highest BCUT2D eigenvalue weighted by Crippen LogP contribution is 2.25. The molecule has 2 aromatic rings. The predicted octanol–water partition coefficient (Wildman–Crippen LogP) is 4.44. The zero-order valence-electron chi connectivity index (χ0n) is 16.6. The van der Waals surface area contributed by atoms with E-state index in [0.29, 0.717) is 19.6 Å². The van der Waals surface area contributed by atoms with E-state index in [2.05, 4.69) is 12.2 Å². The molecule has 1 saturated heterocycles. The van der Waals surface area contributed by atoms with Crippen molar-refractivity contribution >= 4 is 27.5 Å². The van der Waals surface area contributed by atoms with Gasteiger partial charge in [0.25, 0.3) is 5.91 Å². The smallest absolute Gasteiger partial charge is 0.252 e. The molecule has 156 valence electrons. The maximum absolute atomic E-state index is 12.9. The number of amides is 1. The van der Waals surface area contributed by atoms with Crippen molar-refractivity contribution in [3.05, 3.63) is 64.7 Å². The van der Waals surface area contributed by atoms with Gasteiger partial charge in [-0.3, -0.25) is 4.79 Å². The Labute approximate surface area is 178 Å². The Kier molecular flexibility index (Phi) is 7.33. The summed E-state index contributed by atoms with van der Waals surface area (Å²) in [5, 5.41) is 3.16. The minimum Gasteiger partial charge on any atom is -0.351 e. The molecule has 1 aliphatic heterocycles. The highest BCUT2D eigenvalue weighted by Gasteiger charge is 2.27. The molecule has 1 N–H and O–H groups in total. The molecule has 1 heterocycles. The number of rotatable bonds is 7. The highest BCUT2D eigenvalue weighted by molar-refractivity contribution is 7.89. The molecule has 0 aliphatic carbocycles. The topological polar surface area (TPSA) is 66.5 Å². The fourth-order valence-electron chi connectivity index (χ4n) is 3.63. The van der Waals surface area contributed by atoms with Crippen LogP contribution in [0.5, 0.6) is 0 Å². The van der Waals surface area contributed by atoms with Crippen LogP contribution < -0.4 is 5.32 Å². The third kappa shape index (κ3) is 5.18. The number of piperidine rings is 1. The number of hydrogen-bond acceptors (Lipinski definition) is 3. The average Bonchev–Trinajstić information content (AvgIpc) is 2.75. The summed E-state index contributed by atoms with van der Waals surface area (Å²) in [6.45, 7) is 3.56. The van der Waals surface area contributed by atoms with E-state index in [4.69, 9.17) is 11.6 Å². The third-order valence-electron chi connectivity index (χ3n) is 5.41. The van der Waals surface area contributed by atoms with Gasteiger partial charge in [0.2, 0.25) is 10.0 Å². The molecule has 0 bridgehead atoms. The van der Waals surface area contributed by atoms with E-state index in [9.17, 15) is 13.2 Å². The number of nitrogens with zero attached hydrogens (tertiary/aromatic N) is 1. The van der Waals surface area contributed by atoms with Crippen molar-refractivity contribution in [1.82, 2.24) is 9.62 Å². The van der Waals surface area contributed by atoms with E-state index in [1.54, 1.807) is 0 Å². The van der Waals surface area contributed by atoms with Crippen LogP contribution in [0, 0.1) is 0 Å². The molecule has 2 aromatic carbocycles. The highest BCUT2D eigenvalue weighted by atomic mass is 35.5. The normalized spacial score (nSPS) is 16.3. The average molecular weight is 435 g/mol. The van der Waals surface area contributed by atoms with Crippen LogP contribution in [0.3, 0.4) is 0 Å². The van der Waals surface area contributed by atoms with Gasteiger partial charge in [-0.05, 0) is 43.0 Å². The first-order chi connectivity index (χ1) is 13.9. The molecule has 1 unspecified atom stereocenters. The van der Waals surface area contributed by atoms with Gasteiger partial charge in [0, 0.05) is 25.6 Å². The lowest BCUT2D eigenvalue weighted by Crippen LogP contribution is -2.35. The zero-order valence-corrected chi connectivity index (χ0v) is 18.2. The minimum atomic E-state index is -3.62. The Morgan fingerprint density at radius 1 is 1.10 bits per heavy atom. The Hall–Kier alpha value is -1.89. The SMILES string of the molecule is CCC(CNC(=O)c1cc(S(=O)(=O)N2CCCCC2)ccc1Cl)c1ccccc1. The number of carbonyl (C=O) groups is 1. The van der Waals surface area contributed by atoms with Gasteiger partial charge in [0.05, 0.1) is 15.5 Å². The molecule has 0 spiro atoms. The molecule has 1 amide bonds. The van der Waals surface area contributed by atoms with E-state index in [-0.39, 0.29) is 27.3 Å². The molecule has 1 aliphatic rings. The lowest BCUT2D eigenvalue weighted by Gasteiger charge is -2.26. The Morgan fingerprint density at radius 3 is 2.45 bits per heavy atom. The summed E-state index contributed by atoms with van der Waals surface area (Å²) in [4.78, 5) is 12.9. The number of carbonyl (C=O) groups excluding carboxylic acids is 1. The van der Waals surface area contributed by atoms with Crippen molar-refractivity contribution in [3.63, 3.8) is 0 Å². The molecular weight excluding hydrogens is 408 g/mol. The number of sulfonamides is 1. The van der Waals surface area contributed by atoms with Crippen molar-refractivity contribution in [2.75, 3.05) is 19.6 Å². The second-order valence-corrected chi connectivity index (χ2v) is 9.68. The molecule has 3 rings (SSSR count). The Bertz CT molecular complexity index is 942. The Morgan fingerprint density at radius 2 is 1.79 bits per heavy atom. The largest absolute Gasteiger partial charge is 0.351 e. The van der Waals surface area contributed by atoms with Crippen molar-refractivity contribution in [2.45, 2.75) is 43.4 Å². The van der Waals surface area contributed by atoms with Crippen molar-refractivity contribution < 1.29 is 13.2 Å². The van der Waals surface area contributed by atoms with Gasteiger partial charge in [0.1, 0.15) is 0 Å². The maximum atomic E-state index is 12.9. The van der Waals surface area contributed by atoms with Crippen molar-refractivity contribution in [3.8, 4) is 0 Å². The first-order valence-electron chi connectivity index (χ1n) is 10.1. The number of halogens is 1. The molecule has 1 atom stereocenters. The van der Waals surface area contributed by atoms with Crippen LogP contribution in [-0.2, 0) is 10.0 Å². The summed E-state index contributed by atoms with van der Waals surface area (Å²) in [6.07, 6.45) is 3.64. The first-order valence-corrected chi connectivity index (χ1v) is 11.9. The molecule has 5 nitrogen and oxygen atoms in total. The van der Waals surface area contributed by atoms with Crippen LogP contribution in [0.4, 0.5) is 0 Å². The lowest BCUT2D eigenvalue weighted by molar-refractivity contribution is 0.0951. The number of hydrogen-bond donors (Lipinski definition) is 1. The van der Waals surface area contributed by atoms with Gasteiger partial charge >= 0.3 is 0 Å². The number of benzene rings is 2. The van der Waals surface area contributed by atoms with Gasteiger partial charge in [-0.15, -0.1) is 0 Å². The van der Waals surface area contributed by atoms with Crippen LogP contribution in [0.15, 0.2) is 53.4 Å². The molecule has 0 saturated carbocycles. The number of nitrogens with one attached hydrogen (secondary N) is 1. The summed E-state index contributed by atoms with van der Waals surface area (Å²) in [5.74, 6) is -0.181. The van der Waals surface area contributed by atoms with E-state index in [1.807, 2.05) is 30.3 Å². The van der Waals surface area contributed by atoms with Crippen molar-refractivity contribution in [2.24, 2.45) is 0 Å². The predicted molar refractivity (Wildman–Crippen MR) is 116 cm³/mol. The van der Waals surface area contributed by atoms with Gasteiger partial charge < -0.3 is 5.32 Å². The summed E-state index contributed by atoms with van der Waals surface area (Å²) in [5.41, 5.74) is 1.34. The second kappa shape index (κ2) is 9.74. The van der Waals surface area contributed by atoms with E-state index in [0.717, 1.165) is 31.2 Å². The summed E-state index contributed by atoms with van der Waals surface area (Å²) in [7, 11) is -3.62. The molecule has 0 radical (unpaired) electrons. The quantitative estimate of drug-likeness (QED) is 0.700. The van der Waals surface area contributed by atoms with Crippen molar-refractivity contribution in [1.29, 1.82) is 0 Å². The van der Waals surface area contributed by atoms with E-state index in [1.165, 1.54) is 22.5 Å². The van der Waals surface area contributed by atoms with Gasteiger partial charge in [-0.1, -0.05) is 55.3 Å². The molecule has 29 heavy (non-hydrogen) atoms. The minimum absolute atomic E-state index is 0.115. The van der Waals surface area contributed by atoms with Crippen LogP contribution in [0.25, 0.3) is 0 Å². The lowest BCUT2D eigenvalue weighted by atomic mass is 9.96. The van der Waals surface area contributed by atoms with E-state index < -0.39 is 10.0 Å². The zero-order chi connectivity index (χ0) is 20.9. The fourth-order valence-corrected chi connectivity index (χ4v) is 5.37. The van der Waals surface area contributed by atoms with Crippen LogP contribution in [-0.4, -0.2) is 38.3 Å². The summed E-state index contributed by atoms with van der Waals surface area (Å²) < 4.78 is 27.3. The summed E-state index contributed by atoms with van der Waals surface area (Å²) >= 11 is 6.22. The van der Waals surface area contributed by atoms with E-state index >= 15 is 0 Å². The molecular formula is C22H27ClN2O3S. The molecule has 7 heteroatoms. The second-order valence-electron chi connectivity index (χ2n) is 7.33. The summed E-state index contributed by atoms with van der Waals surface area (Å²) in [6, 6.07) is 14.4. The molecule has 1 fully saturated rings. The monoisotopic (exact) mass is 434 g/mol. The fraction of sp³-hybridized carbons (Fsp3) is 0.409. The van der Waals surface area contributed by atoms with Crippen LogP contribution in [0.1, 0.15) is 54.4 Å². The van der Waals surface area contributed by atoms with Crippen LogP contribution >= 0.6 is 11.6 Å². The maximum Gasteiger partial charge on any atom is 0.252 e. The van der Waals surface area contributed by atoms with Crippen LogP contribution in [0.2, 0.25) is 5.02 Å². The third-order valence-corrected chi connectivity index (χ3v) is 7.63. The first kappa shape index (κ1) is 21.8. The van der Waals surface area contributed by atoms with Gasteiger partial charge in [-0.2, -0.15) is 4.31 Å². The van der Waals surface area contributed by atoms with Gasteiger partial charge in [-0.25, -0.2) is 8.42 Å².